The Bertz CT molecular complexity index is 746. The lowest BCUT2D eigenvalue weighted by Gasteiger charge is -2.21. The number of hydrogen-bond donors (Lipinski definition) is 0. The lowest BCUT2D eigenvalue weighted by Crippen LogP contribution is -2.35. The van der Waals surface area contributed by atoms with E-state index in [2.05, 4.69) is 22.1 Å². The summed E-state index contributed by atoms with van der Waals surface area (Å²) in [4.78, 5) is 16.9. The van der Waals surface area contributed by atoms with Crippen LogP contribution in [0.15, 0.2) is 30.5 Å². The molecular weight excluding hydrogens is 340 g/mol. The van der Waals surface area contributed by atoms with Gasteiger partial charge in [0.05, 0.1) is 12.1 Å². The van der Waals surface area contributed by atoms with Crippen molar-refractivity contribution in [2.45, 2.75) is 13.0 Å². The normalized spacial score (nSPS) is 15.9. The third-order valence-electron chi connectivity index (χ3n) is 4.40. The van der Waals surface area contributed by atoms with Gasteiger partial charge < -0.3 is 9.64 Å². The number of carbonyl (C=O) groups is 1. The quantitative estimate of drug-likeness (QED) is 0.838. The minimum absolute atomic E-state index is 0.0890. The van der Waals surface area contributed by atoms with Gasteiger partial charge in [-0.3, -0.25) is 14.4 Å². The Morgan fingerprint density at radius 2 is 2.12 bits per heavy atom. The number of nitrogens with zero attached hydrogens (tertiary/aromatic N) is 4. The molecule has 134 valence electrons. The zero-order valence-corrected chi connectivity index (χ0v) is 15.4. The number of aryl methyl sites for hydroxylation is 1. The summed E-state index contributed by atoms with van der Waals surface area (Å²) in [5.74, 6) is 0.780. The first kappa shape index (κ1) is 17.8. The molecule has 1 aliphatic rings. The largest absolute Gasteiger partial charge is 0.497 e. The van der Waals surface area contributed by atoms with E-state index in [-0.39, 0.29) is 5.91 Å². The van der Waals surface area contributed by atoms with Crippen LogP contribution in [-0.2, 0) is 13.6 Å². The highest BCUT2D eigenvalue weighted by Crippen LogP contribution is 2.18. The summed E-state index contributed by atoms with van der Waals surface area (Å²) in [6.45, 7) is 4.03. The van der Waals surface area contributed by atoms with Crippen molar-refractivity contribution in [1.29, 1.82) is 0 Å². The highest BCUT2D eigenvalue weighted by atomic mass is 35.5. The molecule has 0 spiro atoms. The Morgan fingerprint density at radius 3 is 2.84 bits per heavy atom. The molecule has 1 aromatic carbocycles. The van der Waals surface area contributed by atoms with Crippen LogP contribution in [0.1, 0.15) is 22.5 Å². The lowest BCUT2D eigenvalue weighted by molar-refractivity contribution is 0.0754. The molecule has 0 atom stereocenters. The molecule has 0 aliphatic carbocycles. The first-order chi connectivity index (χ1) is 12.1. The number of amides is 1. The van der Waals surface area contributed by atoms with Gasteiger partial charge in [0.15, 0.2) is 5.69 Å². The maximum absolute atomic E-state index is 12.7. The van der Waals surface area contributed by atoms with Gasteiger partial charge in [-0.25, -0.2) is 0 Å². The Kier molecular flexibility index (Phi) is 5.60. The van der Waals surface area contributed by atoms with Crippen LogP contribution in [0.3, 0.4) is 0 Å². The molecule has 1 amide bonds. The Morgan fingerprint density at radius 1 is 1.28 bits per heavy atom. The zero-order chi connectivity index (χ0) is 17.8. The fourth-order valence-corrected chi connectivity index (χ4v) is 3.38. The van der Waals surface area contributed by atoms with Gasteiger partial charge in [-0.15, -0.1) is 0 Å². The molecule has 1 aliphatic heterocycles. The zero-order valence-electron chi connectivity index (χ0n) is 14.6. The van der Waals surface area contributed by atoms with E-state index in [1.165, 1.54) is 5.56 Å². The monoisotopic (exact) mass is 362 g/mol. The molecule has 1 aromatic heterocycles. The average Bonchev–Trinajstić information content (AvgIpc) is 2.81. The fraction of sp³-hybridized carbons (Fsp3) is 0.444. The summed E-state index contributed by atoms with van der Waals surface area (Å²) in [5.41, 5.74) is 1.55. The molecule has 0 radical (unpaired) electrons. The maximum Gasteiger partial charge on any atom is 0.275 e. The van der Waals surface area contributed by atoms with Gasteiger partial charge in [-0.1, -0.05) is 23.7 Å². The number of ether oxygens (including phenoxy) is 1. The Balaban J connectivity index is 1.62. The van der Waals surface area contributed by atoms with Gasteiger partial charge in [0, 0.05) is 46.0 Å². The van der Waals surface area contributed by atoms with Crippen molar-refractivity contribution in [3.63, 3.8) is 0 Å². The van der Waals surface area contributed by atoms with Crippen molar-refractivity contribution in [3.8, 4) is 5.75 Å². The Labute approximate surface area is 152 Å². The molecule has 25 heavy (non-hydrogen) atoms. The molecule has 1 saturated heterocycles. The second-order valence-electron chi connectivity index (χ2n) is 6.27. The molecule has 0 bridgehead atoms. The first-order valence-corrected chi connectivity index (χ1v) is 8.78. The topological polar surface area (TPSA) is 50.6 Å². The van der Waals surface area contributed by atoms with Crippen LogP contribution < -0.4 is 4.74 Å². The molecule has 0 N–H and O–H groups in total. The third kappa shape index (κ3) is 4.32. The van der Waals surface area contributed by atoms with Gasteiger partial charge in [0.25, 0.3) is 5.91 Å². The molecule has 2 heterocycles. The van der Waals surface area contributed by atoms with Gasteiger partial charge in [-0.05, 0) is 24.1 Å². The molecule has 0 saturated carbocycles. The number of methoxy groups -OCH3 is 1. The minimum Gasteiger partial charge on any atom is -0.497 e. The van der Waals surface area contributed by atoms with Crippen molar-refractivity contribution in [2.75, 3.05) is 33.3 Å². The van der Waals surface area contributed by atoms with E-state index in [4.69, 9.17) is 16.3 Å². The summed E-state index contributed by atoms with van der Waals surface area (Å²) < 4.78 is 6.86. The number of aromatic nitrogens is 2. The van der Waals surface area contributed by atoms with Gasteiger partial charge >= 0.3 is 0 Å². The lowest BCUT2D eigenvalue weighted by atomic mass is 10.2. The van der Waals surface area contributed by atoms with Crippen LogP contribution in [0.2, 0.25) is 5.02 Å². The van der Waals surface area contributed by atoms with Crippen molar-refractivity contribution in [3.05, 3.63) is 46.7 Å². The smallest absolute Gasteiger partial charge is 0.275 e. The van der Waals surface area contributed by atoms with E-state index < -0.39 is 0 Å². The van der Waals surface area contributed by atoms with E-state index in [1.807, 2.05) is 17.0 Å². The summed E-state index contributed by atoms with van der Waals surface area (Å²) in [6, 6.07) is 8.11. The van der Waals surface area contributed by atoms with Gasteiger partial charge in [0.1, 0.15) is 5.75 Å². The van der Waals surface area contributed by atoms with Crippen LogP contribution in [0, 0.1) is 0 Å². The van der Waals surface area contributed by atoms with Gasteiger partial charge in [0.2, 0.25) is 0 Å². The van der Waals surface area contributed by atoms with Crippen LogP contribution in [0.25, 0.3) is 0 Å². The number of halogens is 1. The molecule has 6 nitrogen and oxygen atoms in total. The van der Waals surface area contributed by atoms with Crippen LogP contribution in [0.4, 0.5) is 0 Å². The number of hydrogen-bond acceptors (Lipinski definition) is 4. The predicted molar refractivity (Wildman–Crippen MR) is 97.0 cm³/mol. The molecule has 3 rings (SSSR count). The highest BCUT2D eigenvalue weighted by Gasteiger charge is 2.24. The third-order valence-corrected chi connectivity index (χ3v) is 4.68. The van der Waals surface area contributed by atoms with E-state index in [0.717, 1.165) is 38.3 Å². The summed E-state index contributed by atoms with van der Waals surface area (Å²) in [5, 5.41) is 4.60. The second kappa shape index (κ2) is 7.89. The second-order valence-corrected chi connectivity index (χ2v) is 6.68. The SMILES string of the molecule is COc1cccc(CN2CCCN(C(=O)c3nn(C)cc3Cl)CC2)c1. The Hall–Kier alpha value is -2.05. The van der Waals surface area contributed by atoms with E-state index in [0.29, 0.717) is 17.3 Å². The summed E-state index contributed by atoms with van der Waals surface area (Å²) in [7, 11) is 3.44. The standard InChI is InChI=1S/C18H23ClN4O2/c1-21-13-16(19)17(20-21)18(24)23-8-4-7-22(9-10-23)12-14-5-3-6-15(11-14)25-2/h3,5-6,11,13H,4,7-10,12H2,1-2H3. The minimum atomic E-state index is -0.0890. The van der Waals surface area contributed by atoms with Crippen LogP contribution in [0.5, 0.6) is 5.75 Å². The number of carbonyl (C=O) groups excluding carboxylic acids is 1. The molecular formula is C18H23ClN4O2. The fourth-order valence-electron chi connectivity index (χ4n) is 3.12. The number of rotatable bonds is 4. The van der Waals surface area contributed by atoms with Gasteiger partial charge in [-0.2, -0.15) is 5.10 Å². The van der Waals surface area contributed by atoms with Crippen molar-refractivity contribution in [2.24, 2.45) is 7.05 Å². The summed E-state index contributed by atoms with van der Waals surface area (Å²) >= 11 is 6.11. The van der Waals surface area contributed by atoms with Crippen molar-refractivity contribution >= 4 is 17.5 Å². The average molecular weight is 363 g/mol. The van der Waals surface area contributed by atoms with E-state index in [1.54, 1.807) is 25.0 Å². The molecule has 1 fully saturated rings. The highest BCUT2D eigenvalue weighted by molar-refractivity contribution is 6.33. The predicted octanol–water partition coefficient (Wildman–Crippen LogP) is 2.43. The van der Waals surface area contributed by atoms with Crippen molar-refractivity contribution < 1.29 is 9.53 Å². The molecule has 7 heteroatoms. The van der Waals surface area contributed by atoms with Crippen LogP contribution >= 0.6 is 11.6 Å². The number of benzene rings is 1. The maximum atomic E-state index is 12.7. The van der Waals surface area contributed by atoms with E-state index in [9.17, 15) is 4.79 Å². The van der Waals surface area contributed by atoms with E-state index >= 15 is 0 Å². The molecule has 0 unspecified atom stereocenters. The van der Waals surface area contributed by atoms with Crippen LogP contribution in [-0.4, -0.2) is 58.8 Å². The molecule has 2 aromatic rings. The van der Waals surface area contributed by atoms with Crippen molar-refractivity contribution in [1.82, 2.24) is 19.6 Å². The first-order valence-electron chi connectivity index (χ1n) is 8.40. The summed E-state index contributed by atoms with van der Waals surface area (Å²) in [6.07, 6.45) is 2.59.